The molecule has 2 aliphatic heterocycles. The van der Waals surface area contributed by atoms with Crippen LogP contribution >= 0.6 is 11.6 Å². The average molecular weight is 456 g/mol. The number of hydrogen-bond donors (Lipinski definition) is 1. The Morgan fingerprint density at radius 3 is 2.64 bits per heavy atom. The first-order valence-electron chi connectivity index (χ1n) is 10.5. The van der Waals surface area contributed by atoms with Crippen LogP contribution in [0.1, 0.15) is 11.1 Å². The van der Waals surface area contributed by atoms with E-state index in [1.165, 1.54) is 0 Å². The molecule has 33 heavy (non-hydrogen) atoms. The van der Waals surface area contributed by atoms with Crippen LogP contribution in [0.3, 0.4) is 0 Å². The minimum absolute atomic E-state index is 0.173. The maximum Gasteiger partial charge on any atom is 0.256 e. The Kier molecular flexibility index (Phi) is 4.66. The van der Waals surface area contributed by atoms with Gasteiger partial charge in [0, 0.05) is 33.5 Å². The van der Waals surface area contributed by atoms with Crippen molar-refractivity contribution in [1.82, 2.24) is 9.78 Å². The van der Waals surface area contributed by atoms with Crippen molar-refractivity contribution >= 4 is 34.8 Å². The van der Waals surface area contributed by atoms with Gasteiger partial charge in [0.1, 0.15) is 18.9 Å². The Bertz CT molecular complexity index is 1430. The van der Waals surface area contributed by atoms with Gasteiger partial charge in [-0.15, -0.1) is 0 Å². The SMILES string of the molecule is O=C1Nc2cc(Cl)ccc2/C1=C\c1cn(-c2ccccc2)nc1-c1ccc2c(c1)OCCO2. The molecule has 0 saturated carbocycles. The summed E-state index contributed by atoms with van der Waals surface area (Å²) in [5.41, 5.74) is 5.41. The summed E-state index contributed by atoms with van der Waals surface area (Å²) in [6, 6.07) is 21.0. The number of hydrogen-bond acceptors (Lipinski definition) is 4. The molecule has 1 aromatic heterocycles. The monoisotopic (exact) mass is 455 g/mol. The molecule has 0 aliphatic carbocycles. The first kappa shape index (κ1) is 19.6. The molecule has 2 aliphatic rings. The van der Waals surface area contributed by atoms with Gasteiger partial charge in [-0.05, 0) is 48.5 Å². The van der Waals surface area contributed by atoms with E-state index in [0.29, 0.717) is 41.0 Å². The molecular formula is C26H18ClN3O3. The van der Waals surface area contributed by atoms with Crippen LogP contribution in [0.15, 0.2) is 72.9 Å². The van der Waals surface area contributed by atoms with Crippen LogP contribution in [0.4, 0.5) is 5.69 Å². The maximum atomic E-state index is 12.8. The summed E-state index contributed by atoms with van der Waals surface area (Å²) in [5, 5.41) is 8.32. The molecule has 0 saturated heterocycles. The molecule has 0 radical (unpaired) electrons. The van der Waals surface area contributed by atoms with Crippen molar-refractivity contribution in [3.8, 4) is 28.4 Å². The largest absolute Gasteiger partial charge is 0.486 e. The number of nitrogens with zero attached hydrogens (tertiary/aromatic N) is 2. The van der Waals surface area contributed by atoms with Crippen molar-refractivity contribution in [2.24, 2.45) is 0 Å². The summed E-state index contributed by atoms with van der Waals surface area (Å²) in [6.07, 6.45) is 3.79. The van der Waals surface area contributed by atoms with E-state index in [0.717, 1.165) is 28.1 Å². The van der Waals surface area contributed by atoms with Crippen molar-refractivity contribution in [3.05, 3.63) is 89.1 Å². The molecule has 0 bridgehead atoms. The predicted molar refractivity (Wildman–Crippen MR) is 128 cm³/mol. The molecule has 6 nitrogen and oxygen atoms in total. The number of aromatic nitrogens is 2. The molecule has 1 N–H and O–H groups in total. The molecule has 6 rings (SSSR count). The van der Waals surface area contributed by atoms with Gasteiger partial charge in [0.05, 0.1) is 11.4 Å². The zero-order valence-corrected chi connectivity index (χ0v) is 18.2. The molecule has 1 amide bonds. The van der Waals surface area contributed by atoms with Crippen LogP contribution in [0.25, 0.3) is 28.6 Å². The van der Waals surface area contributed by atoms with Crippen molar-refractivity contribution < 1.29 is 14.3 Å². The van der Waals surface area contributed by atoms with E-state index in [1.54, 1.807) is 12.1 Å². The lowest BCUT2D eigenvalue weighted by atomic mass is 10.0. The molecule has 162 valence electrons. The van der Waals surface area contributed by atoms with Gasteiger partial charge in [-0.3, -0.25) is 4.79 Å². The maximum absolute atomic E-state index is 12.8. The molecule has 0 atom stereocenters. The van der Waals surface area contributed by atoms with E-state index in [4.69, 9.17) is 26.2 Å². The van der Waals surface area contributed by atoms with Gasteiger partial charge in [-0.2, -0.15) is 5.10 Å². The van der Waals surface area contributed by atoms with Crippen molar-refractivity contribution in [2.75, 3.05) is 18.5 Å². The van der Waals surface area contributed by atoms with Gasteiger partial charge in [-0.25, -0.2) is 4.68 Å². The lowest BCUT2D eigenvalue weighted by Gasteiger charge is -2.18. The van der Waals surface area contributed by atoms with Crippen LogP contribution in [-0.2, 0) is 4.79 Å². The predicted octanol–water partition coefficient (Wildman–Crippen LogP) is 5.46. The summed E-state index contributed by atoms with van der Waals surface area (Å²) in [7, 11) is 0. The number of benzene rings is 3. The fourth-order valence-corrected chi connectivity index (χ4v) is 4.26. The summed E-state index contributed by atoms with van der Waals surface area (Å²) in [5.74, 6) is 1.23. The molecule has 7 heteroatoms. The molecule has 0 unspecified atom stereocenters. The zero-order valence-electron chi connectivity index (χ0n) is 17.4. The lowest BCUT2D eigenvalue weighted by molar-refractivity contribution is -0.110. The van der Waals surface area contributed by atoms with Gasteiger partial charge in [-0.1, -0.05) is 35.9 Å². The van der Waals surface area contributed by atoms with E-state index in [1.807, 2.05) is 71.6 Å². The Balaban J connectivity index is 1.51. The van der Waals surface area contributed by atoms with Gasteiger partial charge in [0.15, 0.2) is 11.5 Å². The lowest BCUT2D eigenvalue weighted by Crippen LogP contribution is -2.15. The Morgan fingerprint density at radius 1 is 0.970 bits per heavy atom. The Morgan fingerprint density at radius 2 is 1.79 bits per heavy atom. The number of ether oxygens (including phenoxy) is 2. The van der Waals surface area contributed by atoms with Crippen LogP contribution in [0.5, 0.6) is 11.5 Å². The fourth-order valence-electron chi connectivity index (χ4n) is 4.09. The molecule has 0 fully saturated rings. The van der Waals surface area contributed by atoms with Crippen LogP contribution in [0, 0.1) is 0 Å². The topological polar surface area (TPSA) is 65.4 Å². The number of nitrogens with one attached hydrogen (secondary N) is 1. The van der Waals surface area contributed by atoms with E-state index in [-0.39, 0.29) is 5.91 Å². The molecule has 3 heterocycles. The number of rotatable bonds is 3. The van der Waals surface area contributed by atoms with Gasteiger partial charge in [0.2, 0.25) is 0 Å². The number of fused-ring (bicyclic) bond motifs is 2. The highest BCUT2D eigenvalue weighted by atomic mass is 35.5. The second-order valence-corrected chi connectivity index (χ2v) is 8.21. The van der Waals surface area contributed by atoms with Gasteiger partial charge in [0.25, 0.3) is 5.91 Å². The van der Waals surface area contributed by atoms with Crippen molar-refractivity contribution in [2.45, 2.75) is 0 Å². The van der Waals surface area contributed by atoms with Crippen molar-refractivity contribution in [3.63, 3.8) is 0 Å². The summed E-state index contributed by atoms with van der Waals surface area (Å²) in [6.45, 7) is 1.04. The summed E-state index contributed by atoms with van der Waals surface area (Å²) < 4.78 is 13.3. The minimum atomic E-state index is -0.173. The summed E-state index contributed by atoms with van der Waals surface area (Å²) >= 11 is 6.11. The zero-order chi connectivity index (χ0) is 22.4. The van der Waals surface area contributed by atoms with E-state index >= 15 is 0 Å². The normalized spacial score (nSPS) is 15.4. The number of halogens is 1. The van der Waals surface area contributed by atoms with Crippen molar-refractivity contribution in [1.29, 1.82) is 0 Å². The number of anilines is 1. The van der Waals surface area contributed by atoms with E-state index in [2.05, 4.69) is 5.32 Å². The standard InChI is InChI=1S/C26H18ClN3O3/c27-18-7-8-20-21(26(31)28-22(20)14-18)12-17-15-30(19-4-2-1-3-5-19)29-25(17)16-6-9-23-24(13-16)33-11-10-32-23/h1-9,12-15H,10-11H2,(H,28,31)/b21-12+. The highest BCUT2D eigenvalue weighted by Gasteiger charge is 2.25. The quantitative estimate of drug-likeness (QED) is 0.417. The number of para-hydroxylation sites is 1. The third-order valence-electron chi connectivity index (χ3n) is 5.64. The Hall–Kier alpha value is -4.03. The number of amides is 1. The van der Waals surface area contributed by atoms with E-state index < -0.39 is 0 Å². The highest BCUT2D eigenvalue weighted by Crippen LogP contribution is 2.38. The molecule has 4 aromatic rings. The first-order valence-corrected chi connectivity index (χ1v) is 10.9. The summed E-state index contributed by atoms with van der Waals surface area (Å²) in [4.78, 5) is 12.8. The van der Waals surface area contributed by atoms with Crippen LogP contribution in [-0.4, -0.2) is 28.9 Å². The molecule has 0 spiro atoms. The second-order valence-electron chi connectivity index (χ2n) is 7.77. The highest BCUT2D eigenvalue weighted by molar-refractivity contribution is 6.36. The average Bonchev–Trinajstić information content (AvgIpc) is 3.40. The smallest absolute Gasteiger partial charge is 0.256 e. The Labute approximate surface area is 195 Å². The third kappa shape index (κ3) is 3.54. The first-order chi connectivity index (χ1) is 16.2. The molecule has 3 aromatic carbocycles. The minimum Gasteiger partial charge on any atom is -0.486 e. The van der Waals surface area contributed by atoms with Gasteiger partial charge < -0.3 is 14.8 Å². The number of carbonyl (C=O) groups excluding carboxylic acids is 1. The van der Waals surface area contributed by atoms with Crippen LogP contribution < -0.4 is 14.8 Å². The fraction of sp³-hybridized carbons (Fsp3) is 0.0769. The van der Waals surface area contributed by atoms with E-state index in [9.17, 15) is 4.79 Å². The number of carbonyl (C=O) groups is 1. The van der Waals surface area contributed by atoms with Crippen LogP contribution in [0.2, 0.25) is 5.02 Å². The third-order valence-corrected chi connectivity index (χ3v) is 5.88. The van der Waals surface area contributed by atoms with Gasteiger partial charge >= 0.3 is 0 Å². The second kappa shape index (κ2) is 7.83. The molecular weight excluding hydrogens is 438 g/mol.